The third kappa shape index (κ3) is 4.74. The maximum Gasteiger partial charge on any atom is 0.127 e. The zero-order chi connectivity index (χ0) is 17.1. The summed E-state index contributed by atoms with van der Waals surface area (Å²) < 4.78 is 16.7. The maximum atomic E-state index is 5.97. The highest BCUT2D eigenvalue weighted by molar-refractivity contribution is 5.50. The molecule has 2 fully saturated rings. The van der Waals surface area contributed by atoms with Gasteiger partial charge in [0.05, 0.1) is 25.4 Å². The van der Waals surface area contributed by atoms with Gasteiger partial charge in [0.1, 0.15) is 11.5 Å². The van der Waals surface area contributed by atoms with Crippen molar-refractivity contribution in [2.24, 2.45) is 0 Å². The first-order valence-electron chi connectivity index (χ1n) is 9.15. The number of ether oxygens (including phenoxy) is 3. The lowest BCUT2D eigenvalue weighted by atomic mass is 10.1. The highest BCUT2D eigenvalue weighted by atomic mass is 16.6. The minimum Gasteiger partial charge on any atom is -0.457 e. The summed E-state index contributed by atoms with van der Waals surface area (Å²) in [5.41, 5.74) is 2.54. The van der Waals surface area contributed by atoms with Crippen LogP contribution in [-0.4, -0.2) is 38.5 Å². The number of hydrogen-bond acceptors (Lipinski definition) is 4. The van der Waals surface area contributed by atoms with Crippen LogP contribution in [0.4, 0.5) is 5.69 Å². The smallest absolute Gasteiger partial charge is 0.127 e. The molecule has 0 radical (unpaired) electrons. The molecule has 0 spiro atoms. The molecule has 132 valence electrons. The van der Waals surface area contributed by atoms with E-state index in [0.29, 0.717) is 12.2 Å². The van der Waals surface area contributed by atoms with Crippen molar-refractivity contribution >= 4 is 5.69 Å². The van der Waals surface area contributed by atoms with Crippen LogP contribution >= 0.6 is 0 Å². The maximum absolute atomic E-state index is 5.97. The summed E-state index contributed by atoms with van der Waals surface area (Å²) in [4.78, 5) is 2.35. The van der Waals surface area contributed by atoms with Crippen LogP contribution in [0.1, 0.15) is 18.9 Å². The second kappa shape index (κ2) is 7.46. The van der Waals surface area contributed by atoms with E-state index >= 15 is 0 Å². The minimum atomic E-state index is 0.372. The van der Waals surface area contributed by atoms with Gasteiger partial charge in [-0.05, 0) is 48.4 Å². The van der Waals surface area contributed by atoms with E-state index in [-0.39, 0.29) is 0 Å². The van der Waals surface area contributed by atoms with E-state index in [2.05, 4.69) is 36.1 Å². The van der Waals surface area contributed by atoms with E-state index in [4.69, 9.17) is 14.2 Å². The van der Waals surface area contributed by atoms with E-state index in [1.807, 2.05) is 24.3 Å². The number of benzene rings is 2. The highest BCUT2D eigenvalue weighted by Gasteiger charge is 2.30. The van der Waals surface area contributed by atoms with Crippen molar-refractivity contribution in [2.45, 2.75) is 32.0 Å². The quantitative estimate of drug-likeness (QED) is 0.646. The third-order valence-electron chi connectivity index (χ3n) is 4.55. The molecular formula is C21H25NO3. The van der Waals surface area contributed by atoms with Crippen molar-refractivity contribution < 1.29 is 14.2 Å². The second-order valence-electron chi connectivity index (χ2n) is 6.81. The lowest BCUT2D eigenvalue weighted by molar-refractivity contribution is 0.389. The Bertz CT molecular complexity index is 661. The molecule has 0 N–H and O–H groups in total. The molecule has 0 saturated carbocycles. The number of epoxide rings is 2. The molecule has 2 unspecified atom stereocenters. The summed E-state index contributed by atoms with van der Waals surface area (Å²) in [6, 6.07) is 16.7. The Hall–Kier alpha value is -2.04. The van der Waals surface area contributed by atoms with E-state index in [0.717, 1.165) is 50.6 Å². The molecule has 0 bridgehead atoms. The number of hydrogen-bond donors (Lipinski definition) is 0. The molecule has 2 aromatic rings. The molecule has 2 aliphatic heterocycles. The summed E-state index contributed by atoms with van der Waals surface area (Å²) in [5, 5.41) is 0. The predicted octanol–water partition coefficient (Wildman–Crippen LogP) is 4.04. The lowest BCUT2D eigenvalue weighted by Gasteiger charge is -2.23. The first-order valence-corrected chi connectivity index (χ1v) is 9.15. The van der Waals surface area contributed by atoms with Crippen LogP contribution in [0.5, 0.6) is 11.5 Å². The van der Waals surface area contributed by atoms with Crippen LogP contribution in [0.3, 0.4) is 0 Å². The average molecular weight is 339 g/mol. The van der Waals surface area contributed by atoms with Gasteiger partial charge in [0.15, 0.2) is 0 Å². The van der Waals surface area contributed by atoms with Crippen molar-refractivity contribution in [3.05, 3.63) is 54.1 Å². The normalized spacial score (nSPS) is 21.0. The molecule has 4 rings (SSSR count). The van der Waals surface area contributed by atoms with Gasteiger partial charge in [0, 0.05) is 18.8 Å². The fourth-order valence-electron chi connectivity index (χ4n) is 3.00. The van der Waals surface area contributed by atoms with Crippen LogP contribution in [0.15, 0.2) is 48.5 Å². The molecule has 0 amide bonds. The van der Waals surface area contributed by atoms with Crippen LogP contribution in [0.25, 0.3) is 0 Å². The Morgan fingerprint density at radius 1 is 0.880 bits per heavy atom. The average Bonchev–Trinajstić information content (AvgIpc) is 3.53. The van der Waals surface area contributed by atoms with Gasteiger partial charge in [-0.2, -0.15) is 0 Å². The first kappa shape index (κ1) is 16.4. The molecule has 2 atom stereocenters. The molecule has 4 nitrogen and oxygen atoms in total. The standard InChI is InChI=1S/C21H25NO3/c1-2-3-16-4-8-18(9-5-16)25-19-10-6-17(7-11-19)22(12-20-14-23-20)13-21-15-24-21/h4-11,20-21H,2-3,12-15H2,1H3. The molecule has 2 heterocycles. The van der Waals surface area contributed by atoms with Crippen molar-refractivity contribution in [3.63, 3.8) is 0 Å². The van der Waals surface area contributed by atoms with E-state index in [9.17, 15) is 0 Å². The van der Waals surface area contributed by atoms with Crippen LogP contribution < -0.4 is 9.64 Å². The molecule has 2 aliphatic rings. The second-order valence-corrected chi connectivity index (χ2v) is 6.81. The molecule has 0 aromatic heterocycles. The molecule has 0 aliphatic carbocycles. The van der Waals surface area contributed by atoms with Gasteiger partial charge < -0.3 is 19.1 Å². The van der Waals surface area contributed by atoms with Gasteiger partial charge in [-0.25, -0.2) is 0 Å². The molecule has 2 saturated heterocycles. The van der Waals surface area contributed by atoms with Gasteiger partial charge in [-0.3, -0.25) is 0 Å². The largest absolute Gasteiger partial charge is 0.457 e. The lowest BCUT2D eigenvalue weighted by Crippen LogP contribution is -2.31. The first-order chi connectivity index (χ1) is 12.3. The Morgan fingerprint density at radius 3 is 1.88 bits per heavy atom. The summed E-state index contributed by atoms with van der Waals surface area (Å²) in [7, 11) is 0. The zero-order valence-electron chi connectivity index (χ0n) is 14.7. The summed E-state index contributed by atoms with van der Waals surface area (Å²) in [5.74, 6) is 1.74. The van der Waals surface area contributed by atoms with Crippen molar-refractivity contribution in [2.75, 3.05) is 31.2 Å². The fraction of sp³-hybridized carbons (Fsp3) is 0.429. The van der Waals surface area contributed by atoms with Crippen molar-refractivity contribution in [1.29, 1.82) is 0 Å². The molecule has 25 heavy (non-hydrogen) atoms. The number of rotatable bonds is 9. The van der Waals surface area contributed by atoms with E-state index in [1.54, 1.807) is 0 Å². The van der Waals surface area contributed by atoms with Crippen LogP contribution in [0.2, 0.25) is 0 Å². The summed E-state index contributed by atoms with van der Waals surface area (Å²) in [6.45, 7) is 5.80. The number of nitrogens with zero attached hydrogens (tertiary/aromatic N) is 1. The topological polar surface area (TPSA) is 37.5 Å². The Labute approximate surface area is 149 Å². The Balaban J connectivity index is 1.39. The van der Waals surface area contributed by atoms with Gasteiger partial charge in [-0.15, -0.1) is 0 Å². The number of anilines is 1. The monoisotopic (exact) mass is 339 g/mol. The van der Waals surface area contributed by atoms with Gasteiger partial charge >= 0.3 is 0 Å². The van der Waals surface area contributed by atoms with Crippen LogP contribution in [-0.2, 0) is 15.9 Å². The van der Waals surface area contributed by atoms with Crippen molar-refractivity contribution in [3.8, 4) is 11.5 Å². The van der Waals surface area contributed by atoms with Gasteiger partial charge in [-0.1, -0.05) is 25.5 Å². The number of aryl methyl sites for hydroxylation is 1. The van der Waals surface area contributed by atoms with Gasteiger partial charge in [0.25, 0.3) is 0 Å². The molecular weight excluding hydrogens is 314 g/mol. The zero-order valence-corrected chi connectivity index (χ0v) is 14.7. The summed E-state index contributed by atoms with van der Waals surface area (Å²) in [6.07, 6.45) is 3.02. The fourth-order valence-corrected chi connectivity index (χ4v) is 3.00. The van der Waals surface area contributed by atoms with Crippen molar-refractivity contribution in [1.82, 2.24) is 0 Å². The molecule has 2 aromatic carbocycles. The van der Waals surface area contributed by atoms with Crippen LogP contribution in [0, 0.1) is 0 Å². The SMILES string of the molecule is CCCc1ccc(Oc2ccc(N(CC3CO3)CC3CO3)cc2)cc1. The minimum absolute atomic E-state index is 0.372. The van der Waals surface area contributed by atoms with Gasteiger partial charge in [0.2, 0.25) is 0 Å². The predicted molar refractivity (Wildman–Crippen MR) is 98.6 cm³/mol. The third-order valence-corrected chi connectivity index (χ3v) is 4.55. The Morgan fingerprint density at radius 2 is 1.40 bits per heavy atom. The Kier molecular flexibility index (Phi) is 4.90. The highest BCUT2D eigenvalue weighted by Crippen LogP contribution is 2.27. The van der Waals surface area contributed by atoms with E-state index < -0.39 is 0 Å². The van der Waals surface area contributed by atoms with E-state index in [1.165, 1.54) is 11.3 Å². The molecule has 4 heteroatoms. The summed E-state index contributed by atoms with van der Waals surface area (Å²) >= 11 is 0.